The van der Waals surface area contributed by atoms with E-state index in [9.17, 15) is 4.39 Å². The van der Waals surface area contributed by atoms with Crippen LogP contribution in [0.15, 0.2) is 36.4 Å². The van der Waals surface area contributed by atoms with E-state index in [1.807, 2.05) is 25.1 Å². The second-order valence-electron chi connectivity index (χ2n) is 5.69. The van der Waals surface area contributed by atoms with Crippen molar-refractivity contribution < 1.29 is 4.39 Å². The molecule has 1 fully saturated rings. The molecule has 1 aromatic heterocycles. The quantitative estimate of drug-likeness (QED) is 0.720. The van der Waals surface area contributed by atoms with Crippen LogP contribution in [0.25, 0.3) is 22.4 Å². The maximum Gasteiger partial charge on any atom is 0.141 e. The molecule has 3 nitrogen and oxygen atoms in total. The maximum absolute atomic E-state index is 13.6. The summed E-state index contributed by atoms with van der Waals surface area (Å²) in [5.41, 5.74) is 10.5. The van der Waals surface area contributed by atoms with Crippen molar-refractivity contribution in [2.24, 2.45) is 0 Å². The van der Waals surface area contributed by atoms with Crippen LogP contribution < -0.4 is 5.73 Å². The number of anilines is 1. The molecule has 1 saturated carbocycles. The standard InChI is InChI=1S/C17H16FN3/c1-10-13(3-2-4-14(10)19)17-20-15-8-5-11(18)9-16(15)21(17)12-6-7-12/h2-5,8-9,12H,6-7,19H2,1H3. The van der Waals surface area contributed by atoms with Crippen molar-refractivity contribution in [1.29, 1.82) is 0 Å². The van der Waals surface area contributed by atoms with Gasteiger partial charge in [0.1, 0.15) is 11.6 Å². The Hall–Kier alpha value is -2.36. The zero-order valence-electron chi connectivity index (χ0n) is 11.8. The Bertz CT molecular complexity index is 847. The lowest BCUT2D eigenvalue weighted by molar-refractivity contribution is 0.628. The topological polar surface area (TPSA) is 43.8 Å². The number of benzene rings is 2. The molecule has 0 unspecified atom stereocenters. The van der Waals surface area contributed by atoms with Crippen LogP contribution in [0.5, 0.6) is 0 Å². The third-order valence-corrected chi connectivity index (χ3v) is 4.18. The van der Waals surface area contributed by atoms with Gasteiger partial charge in [-0.3, -0.25) is 0 Å². The van der Waals surface area contributed by atoms with Gasteiger partial charge in [0, 0.05) is 17.3 Å². The zero-order chi connectivity index (χ0) is 14.6. The molecule has 4 heteroatoms. The Balaban J connectivity index is 2.04. The fourth-order valence-corrected chi connectivity index (χ4v) is 2.85. The van der Waals surface area contributed by atoms with Gasteiger partial charge in [-0.1, -0.05) is 12.1 Å². The van der Waals surface area contributed by atoms with Crippen molar-refractivity contribution in [1.82, 2.24) is 9.55 Å². The van der Waals surface area contributed by atoms with Gasteiger partial charge < -0.3 is 10.3 Å². The first kappa shape index (κ1) is 12.4. The Kier molecular flexibility index (Phi) is 2.55. The van der Waals surface area contributed by atoms with E-state index in [0.717, 1.165) is 46.5 Å². The predicted octanol–water partition coefficient (Wildman–Crippen LogP) is 4.07. The van der Waals surface area contributed by atoms with E-state index < -0.39 is 0 Å². The van der Waals surface area contributed by atoms with E-state index in [1.54, 1.807) is 12.1 Å². The minimum Gasteiger partial charge on any atom is -0.398 e. The molecule has 0 atom stereocenters. The van der Waals surface area contributed by atoms with E-state index in [4.69, 9.17) is 10.7 Å². The number of halogens is 1. The molecule has 1 aliphatic rings. The van der Waals surface area contributed by atoms with Gasteiger partial charge in [0.05, 0.1) is 11.0 Å². The van der Waals surface area contributed by atoms with Crippen LogP contribution in [0.3, 0.4) is 0 Å². The Morgan fingerprint density at radius 1 is 1.24 bits per heavy atom. The van der Waals surface area contributed by atoms with Crippen LogP contribution in [0.2, 0.25) is 0 Å². The third-order valence-electron chi connectivity index (χ3n) is 4.18. The molecule has 2 N–H and O–H groups in total. The maximum atomic E-state index is 13.6. The molecule has 0 aliphatic heterocycles. The molecule has 106 valence electrons. The second kappa shape index (κ2) is 4.32. The number of nitrogens with zero attached hydrogens (tertiary/aromatic N) is 2. The Morgan fingerprint density at radius 2 is 2.05 bits per heavy atom. The van der Waals surface area contributed by atoms with Crippen LogP contribution in [0.1, 0.15) is 24.4 Å². The summed E-state index contributed by atoms with van der Waals surface area (Å²) in [5.74, 6) is 0.669. The number of nitrogens with two attached hydrogens (primary N) is 1. The van der Waals surface area contributed by atoms with Crippen LogP contribution in [0, 0.1) is 12.7 Å². The van der Waals surface area contributed by atoms with E-state index in [1.165, 1.54) is 6.07 Å². The minimum absolute atomic E-state index is 0.222. The highest BCUT2D eigenvalue weighted by molar-refractivity contribution is 5.82. The van der Waals surface area contributed by atoms with Crippen molar-refractivity contribution in [2.45, 2.75) is 25.8 Å². The van der Waals surface area contributed by atoms with Gasteiger partial charge in [-0.25, -0.2) is 9.37 Å². The van der Waals surface area contributed by atoms with Gasteiger partial charge >= 0.3 is 0 Å². The van der Waals surface area contributed by atoms with E-state index in [0.29, 0.717) is 6.04 Å². The molecule has 0 radical (unpaired) electrons. The average molecular weight is 281 g/mol. The van der Waals surface area contributed by atoms with E-state index in [-0.39, 0.29) is 5.82 Å². The van der Waals surface area contributed by atoms with Crippen molar-refractivity contribution in [3.8, 4) is 11.4 Å². The summed E-state index contributed by atoms with van der Waals surface area (Å²) >= 11 is 0. The predicted molar refractivity (Wildman–Crippen MR) is 82.5 cm³/mol. The molecule has 0 amide bonds. The SMILES string of the molecule is Cc1c(N)cccc1-c1nc2ccc(F)cc2n1C1CC1. The van der Waals surface area contributed by atoms with Gasteiger partial charge in [-0.2, -0.15) is 0 Å². The molecule has 3 aromatic rings. The monoisotopic (exact) mass is 281 g/mol. The van der Waals surface area contributed by atoms with Crippen molar-refractivity contribution in [3.63, 3.8) is 0 Å². The number of rotatable bonds is 2. The normalized spacial score (nSPS) is 14.8. The first-order valence-electron chi connectivity index (χ1n) is 7.18. The number of hydrogen-bond acceptors (Lipinski definition) is 2. The number of fused-ring (bicyclic) bond motifs is 1. The first-order chi connectivity index (χ1) is 10.1. The highest BCUT2D eigenvalue weighted by Crippen LogP contribution is 2.42. The lowest BCUT2D eigenvalue weighted by Crippen LogP contribution is -2.00. The summed E-state index contributed by atoms with van der Waals surface area (Å²) in [6.07, 6.45) is 2.24. The fraction of sp³-hybridized carbons (Fsp3) is 0.235. The summed E-state index contributed by atoms with van der Waals surface area (Å²) in [7, 11) is 0. The molecule has 0 bridgehead atoms. The van der Waals surface area contributed by atoms with Gasteiger partial charge in [0.15, 0.2) is 0 Å². The Morgan fingerprint density at radius 3 is 2.81 bits per heavy atom. The largest absolute Gasteiger partial charge is 0.398 e. The number of imidazole rings is 1. The molecular formula is C17H16FN3. The summed E-state index contributed by atoms with van der Waals surface area (Å²) in [5, 5.41) is 0. The highest BCUT2D eigenvalue weighted by Gasteiger charge is 2.29. The average Bonchev–Trinajstić information content (AvgIpc) is 3.23. The van der Waals surface area contributed by atoms with Gasteiger partial charge in [0.25, 0.3) is 0 Å². The van der Waals surface area contributed by atoms with Gasteiger partial charge in [-0.05, 0) is 49.6 Å². The van der Waals surface area contributed by atoms with Crippen LogP contribution in [-0.4, -0.2) is 9.55 Å². The lowest BCUT2D eigenvalue weighted by Gasteiger charge is -2.11. The number of nitrogen functional groups attached to an aromatic ring is 1. The van der Waals surface area contributed by atoms with Crippen molar-refractivity contribution in [2.75, 3.05) is 5.73 Å². The molecule has 2 aromatic carbocycles. The van der Waals surface area contributed by atoms with Crippen molar-refractivity contribution in [3.05, 3.63) is 47.8 Å². The zero-order valence-corrected chi connectivity index (χ0v) is 11.8. The summed E-state index contributed by atoms with van der Waals surface area (Å²) < 4.78 is 15.8. The summed E-state index contributed by atoms with van der Waals surface area (Å²) in [4.78, 5) is 4.73. The molecule has 4 rings (SSSR count). The lowest BCUT2D eigenvalue weighted by atomic mass is 10.1. The molecule has 0 saturated heterocycles. The number of hydrogen-bond donors (Lipinski definition) is 1. The van der Waals surface area contributed by atoms with E-state index in [2.05, 4.69) is 4.57 Å². The Labute approximate surface area is 122 Å². The van der Waals surface area contributed by atoms with Gasteiger partial charge in [0.2, 0.25) is 0 Å². The molecule has 1 heterocycles. The number of aromatic nitrogens is 2. The highest BCUT2D eigenvalue weighted by atomic mass is 19.1. The first-order valence-corrected chi connectivity index (χ1v) is 7.18. The minimum atomic E-state index is -0.222. The molecule has 0 spiro atoms. The van der Waals surface area contributed by atoms with E-state index >= 15 is 0 Å². The fourth-order valence-electron chi connectivity index (χ4n) is 2.85. The third kappa shape index (κ3) is 1.90. The molecular weight excluding hydrogens is 265 g/mol. The summed E-state index contributed by atoms with van der Waals surface area (Å²) in [6.45, 7) is 2.00. The smallest absolute Gasteiger partial charge is 0.141 e. The van der Waals surface area contributed by atoms with Gasteiger partial charge in [-0.15, -0.1) is 0 Å². The molecule has 1 aliphatic carbocycles. The second-order valence-corrected chi connectivity index (χ2v) is 5.69. The van der Waals surface area contributed by atoms with Crippen LogP contribution in [-0.2, 0) is 0 Å². The molecule has 21 heavy (non-hydrogen) atoms. The van der Waals surface area contributed by atoms with Crippen LogP contribution >= 0.6 is 0 Å². The van der Waals surface area contributed by atoms with Crippen LogP contribution in [0.4, 0.5) is 10.1 Å². The summed E-state index contributed by atoms with van der Waals surface area (Å²) in [6, 6.07) is 11.1. The van der Waals surface area contributed by atoms with Crippen molar-refractivity contribution >= 4 is 16.7 Å².